The summed E-state index contributed by atoms with van der Waals surface area (Å²) in [4.78, 5) is 24.8. The lowest BCUT2D eigenvalue weighted by molar-refractivity contribution is -0.122. The highest BCUT2D eigenvalue weighted by atomic mass is 16.2. The van der Waals surface area contributed by atoms with Gasteiger partial charge in [0, 0.05) is 5.39 Å². The Labute approximate surface area is 171 Å². The zero-order chi connectivity index (χ0) is 21.2. The number of hydrogen-bond acceptors (Lipinski definition) is 3. The molecule has 0 fully saturated rings. The molecule has 0 saturated carbocycles. The summed E-state index contributed by atoms with van der Waals surface area (Å²) >= 11 is 0. The SMILES string of the molecule is CC(C)C(NC(=O)Cn1ncc(=O)c2ccccc21)c1ccc(C(C)(C)C)cc1. The van der Waals surface area contributed by atoms with E-state index < -0.39 is 0 Å². The molecule has 1 amide bonds. The van der Waals surface area contributed by atoms with Crippen LogP contribution in [0.2, 0.25) is 0 Å². The van der Waals surface area contributed by atoms with Crippen molar-refractivity contribution in [1.82, 2.24) is 15.1 Å². The van der Waals surface area contributed by atoms with E-state index >= 15 is 0 Å². The monoisotopic (exact) mass is 391 g/mol. The topological polar surface area (TPSA) is 64.0 Å². The van der Waals surface area contributed by atoms with Gasteiger partial charge in [-0.15, -0.1) is 0 Å². The molecule has 152 valence electrons. The Kier molecular flexibility index (Phi) is 5.87. The predicted molar refractivity (Wildman–Crippen MR) is 117 cm³/mol. The highest BCUT2D eigenvalue weighted by Crippen LogP contribution is 2.26. The molecule has 5 heteroatoms. The van der Waals surface area contributed by atoms with Gasteiger partial charge in [0.25, 0.3) is 0 Å². The maximum absolute atomic E-state index is 12.8. The van der Waals surface area contributed by atoms with Crippen molar-refractivity contribution in [2.75, 3.05) is 0 Å². The summed E-state index contributed by atoms with van der Waals surface area (Å²) < 4.78 is 1.58. The molecule has 1 unspecified atom stereocenters. The molecule has 5 nitrogen and oxygen atoms in total. The van der Waals surface area contributed by atoms with Crippen LogP contribution in [0.3, 0.4) is 0 Å². The van der Waals surface area contributed by atoms with E-state index in [1.54, 1.807) is 10.7 Å². The Bertz CT molecular complexity index is 1060. The van der Waals surface area contributed by atoms with Gasteiger partial charge in [0.1, 0.15) is 6.54 Å². The summed E-state index contributed by atoms with van der Waals surface area (Å²) in [6.07, 6.45) is 1.26. The normalized spacial score (nSPS) is 12.9. The molecule has 0 bridgehead atoms. The number of para-hydroxylation sites is 1. The Morgan fingerprint density at radius 3 is 2.34 bits per heavy atom. The first-order valence-corrected chi connectivity index (χ1v) is 10.0. The van der Waals surface area contributed by atoms with Crippen molar-refractivity contribution in [2.45, 2.75) is 52.6 Å². The first kappa shape index (κ1) is 20.8. The number of fused-ring (bicyclic) bond motifs is 1. The Balaban J connectivity index is 1.81. The second-order valence-corrected chi connectivity index (χ2v) is 8.84. The lowest BCUT2D eigenvalue weighted by atomic mass is 9.85. The average molecular weight is 392 g/mol. The minimum atomic E-state index is -0.142. The van der Waals surface area contributed by atoms with Gasteiger partial charge in [-0.25, -0.2) is 0 Å². The number of carbonyl (C=O) groups excluding carboxylic acids is 1. The van der Waals surface area contributed by atoms with Gasteiger partial charge < -0.3 is 5.32 Å². The molecule has 0 radical (unpaired) electrons. The summed E-state index contributed by atoms with van der Waals surface area (Å²) in [5.41, 5.74) is 2.95. The summed E-state index contributed by atoms with van der Waals surface area (Å²) in [7, 11) is 0. The largest absolute Gasteiger partial charge is 0.347 e. The molecule has 1 N–H and O–H groups in total. The lowest BCUT2D eigenvalue weighted by Crippen LogP contribution is -2.35. The number of amides is 1. The Morgan fingerprint density at radius 1 is 1.07 bits per heavy atom. The third-order valence-electron chi connectivity index (χ3n) is 5.17. The van der Waals surface area contributed by atoms with Crippen LogP contribution in [0.5, 0.6) is 0 Å². The van der Waals surface area contributed by atoms with E-state index in [0.717, 1.165) is 5.56 Å². The summed E-state index contributed by atoms with van der Waals surface area (Å²) in [6, 6.07) is 15.6. The number of nitrogens with one attached hydrogen (secondary N) is 1. The standard InChI is InChI=1S/C24H29N3O2/c1-16(2)23(17-10-12-18(13-11-17)24(3,4)5)26-22(29)15-27-20-9-7-6-8-19(20)21(28)14-25-27/h6-14,16,23H,15H2,1-5H3,(H,26,29). The van der Waals surface area contributed by atoms with Crippen molar-refractivity contribution < 1.29 is 4.79 Å². The van der Waals surface area contributed by atoms with Gasteiger partial charge in [-0.1, -0.05) is 71.0 Å². The van der Waals surface area contributed by atoms with Crippen molar-refractivity contribution in [3.63, 3.8) is 0 Å². The molecule has 1 heterocycles. The molecule has 0 aliphatic rings. The quantitative estimate of drug-likeness (QED) is 0.709. The second kappa shape index (κ2) is 8.19. The molecule has 0 aliphatic heterocycles. The van der Waals surface area contributed by atoms with Gasteiger partial charge >= 0.3 is 0 Å². The molecule has 0 saturated heterocycles. The minimum absolute atomic E-state index is 0.0596. The molecule has 2 aromatic carbocycles. The zero-order valence-electron chi connectivity index (χ0n) is 17.8. The van der Waals surface area contributed by atoms with E-state index in [1.807, 2.05) is 18.2 Å². The van der Waals surface area contributed by atoms with Crippen LogP contribution in [0, 0.1) is 5.92 Å². The second-order valence-electron chi connectivity index (χ2n) is 8.84. The summed E-state index contributed by atoms with van der Waals surface area (Å²) in [6.45, 7) is 10.8. The Hall–Kier alpha value is -2.95. The molecule has 0 aliphatic carbocycles. The lowest BCUT2D eigenvalue weighted by Gasteiger charge is -2.25. The van der Waals surface area contributed by atoms with Crippen LogP contribution in [-0.2, 0) is 16.8 Å². The minimum Gasteiger partial charge on any atom is -0.347 e. The first-order valence-electron chi connectivity index (χ1n) is 10.0. The smallest absolute Gasteiger partial charge is 0.242 e. The third-order valence-corrected chi connectivity index (χ3v) is 5.17. The average Bonchev–Trinajstić information content (AvgIpc) is 2.68. The number of benzene rings is 2. The summed E-state index contributed by atoms with van der Waals surface area (Å²) in [5.74, 6) is 0.100. The van der Waals surface area contributed by atoms with Gasteiger partial charge in [0.15, 0.2) is 0 Å². The zero-order valence-corrected chi connectivity index (χ0v) is 17.8. The van der Waals surface area contributed by atoms with Crippen molar-refractivity contribution in [2.24, 2.45) is 5.92 Å². The van der Waals surface area contributed by atoms with Crippen LogP contribution < -0.4 is 10.7 Å². The highest BCUT2D eigenvalue weighted by molar-refractivity contribution is 5.81. The molecule has 1 aromatic heterocycles. The van der Waals surface area contributed by atoms with E-state index in [4.69, 9.17) is 0 Å². The molecular formula is C24H29N3O2. The van der Waals surface area contributed by atoms with Crippen LogP contribution in [0.25, 0.3) is 10.9 Å². The first-order chi connectivity index (χ1) is 13.7. The van der Waals surface area contributed by atoms with Crippen molar-refractivity contribution in [1.29, 1.82) is 0 Å². The molecule has 1 atom stereocenters. The Morgan fingerprint density at radius 2 is 1.72 bits per heavy atom. The highest BCUT2D eigenvalue weighted by Gasteiger charge is 2.20. The number of aromatic nitrogens is 2. The van der Waals surface area contributed by atoms with Crippen molar-refractivity contribution in [3.05, 3.63) is 76.1 Å². The number of hydrogen-bond donors (Lipinski definition) is 1. The fourth-order valence-electron chi connectivity index (χ4n) is 3.47. The van der Waals surface area contributed by atoms with E-state index in [2.05, 4.69) is 69.3 Å². The van der Waals surface area contributed by atoms with Crippen LogP contribution in [-0.4, -0.2) is 15.7 Å². The molecule has 0 spiro atoms. The van der Waals surface area contributed by atoms with Crippen LogP contribution >= 0.6 is 0 Å². The fraction of sp³-hybridized carbons (Fsp3) is 0.375. The number of nitrogens with zero attached hydrogens (tertiary/aromatic N) is 2. The van der Waals surface area contributed by atoms with Gasteiger partial charge in [0.05, 0.1) is 17.8 Å². The van der Waals surface area contributed by atoms with Gasteiger partial charge in [0.2, 0.25) is 11.3 Å². The molecule has 3 rings (SSSR count). The maximum atomic E-state index is 12.8. The molecule has 29 heavy (non-hydrogen) atoms. The van der Waals surface area contributed by atoms with Crippen molar-refractivity contribution in [3.8, 4) is 0 Å². The van der Waals surface area contributed by atoms with Crippen LogP contribution in [0.4, 0.5) is 0 Å². The third kappa shape index (κ3) is 4.73. The van der Waals surface area contributed by atoms with E-state index in [-0.39, 0.29) is 35.3 Å². The van der Waals surface area contributed by atoms with Gasteiger partial charge in [-0.3, -0.25) is 14.3 Å². The van der Waals surface area contributed by atoms with Gasteiger partial charge in [-0.05, 0) is 34.6 Å². The number of carbonyl (C=O) groups is 1. The number of rotatable bonds is 5. The van der Waals surface area contributed by atoms with E-state index in [0.29, 0.717) is 10.9 Å². The van der Waals surface area contributed by atoms with E-state index in [9.17, 15) is 9.59 Å². The van der Waals surface area contributed by atoms with Crippen LogP contribution in [0.15, 0.2) is 59.5 Å². The molecule has 3 aromatic rings. The summed E-state index contributed by atoms with van der Waals surface area (Å²) in [5, 5.41) is 7.86. The molecular weight excluding hydrogens is 362 g/mol. The predicted octanol–water partition coefficient (Wildman–Crippen LogP) is 4.21. The maximum Gasteiger partial charge on any atom is 0.242 e. The van der Waals surface area contributed by atoms with Crippen molar-refractivity contribution >= 4 is 16.8 Å². The van der Waals surface area contributed by atoms with Crippen LogP contribution in [0.1, 0.15) is 51.8 Å². The fourth-order valence-corrected chi connectivity index (χ4v) is 3.47. The van der Waals surface area contributed by atoms with Gasteiger partial charge in [-0.2, -0.15) is 5.10 Å². The van der Waals surface area contributed by atoms with E-state index in [1.165, 1.54) is 11.8 Å².